The van der Waals surface area contributed by atoms with E-state index in [2.05, 4.69) is 26.2 Å². The Morgan fingerprint density at radius 2 is 2.26 bits per heavy atom. The molecule has 0 spiro atoms. The van der Waals surface area contributed by atoms with Gasteiger partial charge in [0.15, 0.2) is 0 Å². The minimum atomic E-state index is 0.128. The van der Waals surface area contributed by atoms with Crippen LogP contribution < -0.4 is 5.32 Å². The van der Waals surface area contributed by atoms with Crippen molar-refractivity contribution in [3.05, 3.63) is 40.0 Å². The highest BCUT2D eigenvalue weighted by Gasteiger charge is 2.25. The highest BCUT2D eigenvalue weighted by Crippen LogP contribution is 2.25. The van der Waals surface area contributed by atoms with Gasteiger partial charge in [-0.2, -0.15) is 0 Å². The van der Waals surface area contributed by atoms with Crippen LogP contribution in [0.2, 0.25) is 0 Å². The molecule has 1 atom stereocenters. The van der Waals surface area contributed by atoms with Crippen LogP contribution in [0.25, 0.3) is 10.9 Å². The van der Waals surface area contributed by atoms with Crippen LogP contribution in [0.1, 0.15) is 28.9 Å². The van der Waals surface area contributed by atoms with Gasteiger partial charge in [-0.25, -0.2) is 0 Å². The molecule has 0 radical (unpaired) electrons. The molecule has 2 aromatic rings. The van der Waals surface area contributed by atoms with E-state index in [9.17, 15) is 4.79 Å². The molecule has 122 valence electrons. The number of fused-ring (bicyclic) bond motifs is 1. The number of amides is 1. The van der Waals surface area contributed by atoms with Crippen molar-refractivity contribution in [2.24, 2.45) is 5.92 Å². The van der Waals surface area contributed by atoms with Gasteiger partial charge in [-0.3, -0.25) is 9.78 Å². The minimum absolute atomic E-state index is 0.128. The molecule has 2 heterocycles. The van der Waals surface area contributed by atoms with E-state index in [0.29, 0.717) is 5.92 Å². The molecule has 1 aromatic carbocycles. The number of nitrogens with zero attached hydrogens (tertiary/aromatic N) is 2. The van der Waals surface area contributed by atoms with E-state index in [4.69, 9.17) is 0 Å². The summed E-state index contributed by atoms with van der Waals surface area (Å²) in [6.07, 6.45) is 2.26. The number of aromatic nitrogens is 1. The summed E-state index contributed by atoms with van der Waals surface area (Å²) in [4.78, 5) is 19.6. The molecule has 1 N–H and O–H groups in total. The quantitative estimate of drug-likeness (QED) is 0.894. The number of nitrogens with one attached hydrogen (secondary N) is 1. The number of hydrogen-bond donors (Lipinski definition) is 1. The third-order valence-electron chi connectivity index (χ3n) is 4.43. The van der Waals surface area contributed by atoms with E-state index in [1.165, 1.54) is 6.42 Å². The first-order valence-electron chi connectivity index (χ1n) is 8.09. The lowest BCUT2D eigenvalue weighted by Gasteiger charge is -2.33. The van der Waals surface area contributed by atoms with Crippen molar-refractivity contribution in [1.82, 2.24) is 15.2 Å². The number of hydrogen-bond acceptors (Lipinski definition) is 3. The fraction of sp³-hybridized carbons (Fsp3) is 0.444. The fourth-order valence-corrected chi connectivity index (χ4v) is 3.74. The Balaban J connectivity index is 1.94. The number of piperidine rings is 1. The van der Waals surface area contributed by atoms with Crippen molar-refractivity contribution < 1.29 is 4.79 Å². The Bertz CT molecular complexity index is 724. The summed E-state index contributed by atoms with van der Waals surface area (Å²) < 4.78 is 0.980. The van der Waals surface area contributed by atoms with Crippen LogP contribution in [0.5, 0.6) is 0 Å². The number of pyridine rings is 1. The second-order valence-corrected chi connectivity index (χ2v) is 7.21. The SMILES string of the molecule is CNC[C@H]1CCCN(C(=O)c2cc(C)nc3cc(Br)ccc23)C1. The van der Waals surface area contributed by atoms with E-state index in [-0.39, 0.29) is 5.91 Å². The van der Waals surface area contributed by atoms with Gasteiger partial charge in [0.2, 0.25) is 0 Å². The first-order valence-corrected chi connectivity index (χ1v) is 8.88. The maximum Gasteiger partial charge on any atom is 0.254 e. The van der Waals surface area contributed by atoms with Gasteiger partial charge in [0.1, 0.15) is 0 Å². The van der Waals surface area contributed by atoms with Gasteiger partial charge in [0, 0.05) is 28.6 Å². The molecule has 0 bridgehead atoms. The molecule has 1 aliphatic heterocycles. The zero-order valence-electron chi connectivity index (χ0n) is 13.6. The van der Waals surface area contributed by atoms with Crippen molar-refractivity contribution >= 4 is 32.7 Å². The van der Waals surface area contributed by atoms with Gasteiger partial charge in [-0.05, 0) is 57.5 Å². The van der Waals surface area contributed by atoms with Gasteiger partial charge >= 0.3 is 0 Å². The van der Waals surface area contributed by atoms with Crippen molar-refractivity contribution in [2.45, 2.75) is 19.8 Å². The van der Waals surface area contributed by atoms with Crippen molar-refractivity contribution in [2.75, 3.05) is 26.7 Å². The summed E-state index contributed by atoms with van der Waals surface area (Å²) in [5.74, 6) is 0.671. The van der Waals surface area contributed by atoms with Gasteiger partial charge in [0.25, 0.3) is 5.91 Å². The summed E-state index contributed by atoms with van der Waals surface area (Å²) in [6, 6.07) is 7.84. The molecular weight excluding hydrogens is 354 g/mol. The van der Waals surface area contributed by atoms with E-state index in [1.54, 1.807) is 0 Å². The summed E-state index contributed by atoms with van der Waals surface area (Å²) in [5.41, 5.74) is 2.51. The topological polar surface area (TPSA) is 45.2 Å². The molecular formula is C18H22BrN3O. The molecule has 1 aromatic heterocycles. The number of carbonyl (C=O) groups is 1. The number of halogens is 1. The Labute approximate surface area is 145 Å². The maximum atomic E-state index is 13.1. The lowest BCUT2D eigenvalue weighted by Crippen LogP contribution is -2.42. The normalized spacial score (nSPS) is 18.4. The predicted molar refractivity (Wildman–Crippen MR) is 96.7 cm³/mol. The van der Waals surface area contributed by atoms with Gasteiger partial charge < -0.3 is 10.2 Å². The minimum Gasteiger partial charge on any atom is -0.338 e. The first kappa shape index (κ1) is 16.4. The van der Waals surface area contributed by atoms with E-state index in [0.717, 1.165) is 52.7 Å². The Morgan fingerprint density at radius 3 is 3.04 bits per heavy atom. The van der Waals surface area contributed by atoms with Crippen LogP contribution >= 0.6 is 15.9 Å². The number of aryl methyl sites for hydroxylation is 1. The van der Waals surface area contributed by atoms with E-state index < -0.39 is 0 Å². The molecule has 1 amide bonds. The summed E-state index contributed by atoms with van der Waals surface area (Å²) >= 11 is 3.48. The first-order chi connectivity index (χ1) is 11.1. The van der Waals surface area contributed by atoms with Crippen LogP contribution in [0.4, 0.5) is 0 Å². The third kappa shape index (κ3) is 3.56. The monoisotopic (exact) mass is 375 g/mol. The number of benzene rings is 1. The molecule has 5 heteroatoms. The van der Waals surface area contributed by atoms with E-state index in [1.807, 2.05) is 43.1 Å². The Kier molecular flexibility index (Phi) is 4.97. The summed E-state index contributed by atoms with van der Waals surface area (Å²) in [7, 11) is 1.97. The average Bonchev–Trinajstić information content (AvgIpc) is 2.53. The number of likely N-dealkylation sites (tertiary alicyclic amines) is 1. The molecule has 0 unspecified atom stereocenters. The molecule has 0 saturated carbocycles. The van der Waals surface area contributed by atoms with Crippen LogP contribution in [0.3, 0.4) is 0 Å². The van der Waals surface area contributed by atoms with Crippen LogP contribution in [-0.4, -0.2) is 42.5 Å². The molecule has 23 heavy (non-hydrogen) atoms. The third-order valence-corrected chi connectivity index (χ3v) is 4.92. The zero-order chi connectivity index (χ0) is 16.4. The molecule has 3 rings (SSSR count). The van der Waals surface area contributed by atoms with Crippen LogP contribution in [0.15, 0.2) is 28.7 Å². The molecule has 1 fully saturated rings. The Hall–Kier alpha value is -1.46. The molecule has 0 aliphatic carbocycles. The fourth-order valence-electron chi connectivity index (χ4n) is 3.39. The van der Waals surface area contributed by atoms with Crippen LogP contribution in [-0.2, 0) is 0 Å². The van der Waals surface area contributed by atoms with Crippen LogP contribution in [0, 0.1) is 12.8 Å². The zero-order valence-corrected chi connectivity index (χ0v) is 15.2. The highest BCUT2D eigenvalue weighted by molar-refractivity contribution is 9.10. The highest BCUT2D eigenvalue weighted by atomic mass is 79.9. The summed E-state index contributed by atoms with van der Waals surface area (Å²) in [5, 5.41) is 4.16. The second-order valence-electron chi connectivity index (χ2n) is 6.29. The standard InChI is InChI=1S/C18H22BrN3O/c1-12-8-16(15-6-5-14(19)9-17(15)21-12)18(23)22-7-3-4-13(11-22)10-20-2/h5-6,8-9,13,20H,3-4,7,10-11H2,1-2H3/t13-/m1/s1. The van der Waals surface area contributed by atoms with Gasteiger partial charge in [-0.15, -0.1) is 0 Å². The molecule has 1 aliphatic rings. The largest absolute Gasteiger partial charge is 0.338 e. The van der Waals surface area contributed by atoms with Crippen molar-refractivity contribution in [3.8, 4) is 0 Å². The van der Waals surface area contributed by atoms with Gasteiger partial charge in [0.05, 0.1) is 11.1 Å². The number of carbonyl (C=O) groups excluding carboxylic acids is 1. The molecule has 1 saturated heterocycles. The predicted octanol–water partition coefficient (Wildman–Crippen LogP) is 3.38. The van der Waals surface area contributed by atoms with E-state index >= 15 is 0 Å². The van der Waals surface area contributed by atoms with Gasteiger partial charge in [-0.1, -0.05) is 22.0 Å². The maximum absolute atomic E-state index is 13.1. The average molecular weight is 376 g/mol. The van der Waals surface area contributed by atoms with Crippen molar-refractivity contribution in [3.63, 3.8) is 0 Å². The Morgan fingerprint density at radius 1 is 1.43 bits per heavy atom. The summed E-state index contributed by atoms with van der Waals surface area (Å²) in [6.45, 7) is 4.58. The number of rotatable bonds is 3. The smallest absolute Gasteiger partial charge is 0.254 e. The second kappa shape index (κ2) is 6.97. The lowest BCUT2D eigenvalue weighted by molar-refractivity contribution is 0.0676. The molecule has 4 nitrogen and oxygen atoms in total. The van der Waals surface area contributed by atoms with Crippen molar-refractivity contribution in [1.29, 1.82) is 0 Å². The lowest BCUT2D eigenvalue weighted by atomic mass is 9.96.